The normalized spacial score (nSPS) is 21.4. The molecule has 114 valence electrons. The lowest BCUT2D eigenvalue weighted by Crippen LogP contribution is -2.49. The van der Waals surface area contributed by atoms with Crippen molar-refractivity contribution in [2.24, 2.45) is 0 Å². The Kier molecular flexibility index (Phi) is 5.16. The molecule has 0 saturated carbocycles. The number of hydrogen-bond acceptors (Lipinski definition) is 3. The quantitative estimate of drug-likeness (QED) is 0.885. The van der Waals surface area contributed by atoms with Crippen LogP contribution in [0.3, 0.4) is 0 Å². The molecule has 21 heavy (non-hydrogen) atoms. The van der Waals surface area contributed by atoms with Crippen molar-refractivity contribution in [3.05, 3.63) is 34.3 Å². The summed E-state index contributed by atoms with van der Waals surface area (Å²) in [5.74, 6) is -0.511. The number of benzene rings is 1. The summed E-state index contributed by atoms with van der Waals surface area (Å²) in [6, 6.07) is 6.71. The Labute approximate surface area is 136 Å². The van der Waals surface area contributed by atoms with Crippen molar-refractivity contribution in [1.29, 1.82) is 0 Å². The van der Waals surface area contributed by atoms with Gasteiger partial charge >= 0.3 is 12.0 Å². The lowest BCUT2D eigenvalue weighted by molar-refractivity contribution is -0.141. The van der Waals surface area contributed by atoms with Gasteiger partial charge in [0.1, 0.15) is 6.04 Å². The van der Waals surface area contributed by atoms with E-state index in [-0.39, 0.29) is 11.4 Å². The van der Waals surface area contributed by atoms with E-state index in [1.54, 1.807) is 11.9 Å². The second-order valence-corrected chi connectivity index (χ2v) is 7.23. The number of aliphatic carboxylic acids is 1. The van der Waals surface area contributed by atoms with Crippen LogP contribution in [-0.4, -0.2) is 51.1 Å². The van der Waals surface area contributed by atoms with E-state index < -0.39 is 12.0 Å². The molecule has 0 aromatic heterocycles. The number of rotatable bonds is 3. The van der Waals surface area contributed by atoms with Gasteiger partial charge in [0.05, 0.1) is 5.37 Å². The molecule has 0 bridgehead atoms. The first-order chi connectivity index (χ1) is 9.90. The van der Waals surface area contributed by atoms with E-state index in [0.29, 0.717) is 12.3 Å². The van der Waals surface area contributed by atoms with Crippen LogP contribution in [0.5, 0.6) is 0 Å². The maximum absolute atomic E-state index is 12.5. The van der Waals surface area contributed by atoms with Gasteiger partial charge in [0.2, 0.25) is 0 Å². The van der Waals surface area contributed by atoms with Gasteiger partial charge in [0.15, 0.2) is 0 Å². The van der Waals surface area contributed by atoms with E-state index in [2.05, 4.69) is 15.9 Å². The van der Waals surface area contributed by atoms with Crippen LogP contribution in [0.4, 0.5) is 4.79 Å². The Hall–Kier alpha value is -1.21. The number of carboxylic acid groups (broad SMARTS) is 1. The number of amides is 2. The fraction of sp³-hybridized carbons (Fsp3) is 0.429. The second kappa shape index (κ2) is 6.70. The standard InChI is InChI=1S/C14H17BrN2O3S/c1-9-17(12(8-21-9)13(18)19)14(20)16(2)7-10-4-3-5-11(15)6-10/h3-6,9,12H,7-8H2,1-2H3,(H,18,19). The van der Waals surface area contributed by atoms with Gasteiger partial charge in [-0.25, -0.2) is 9.59 Å². The first-order valence-electron chi connectivity index (χ1n) is 6.52. The highest BCUT2D eigenvalue weighted by molar-refractivity contribution is 9.10. The molecule has 1 aromatic carbocycles. The molecule has 0 radical (unpaired) electrons. The first-order valence-corrected chi connectivity index (χ1v) is 8.36. The highest BCUT2D eigenvalue weighted by atomic mass is 79.9. The number of carbonyl (C=O) groups is 2. The summed E-state index contributed by atoms with van der Waals surface area (Å²) in [4.78, 5) is 26.8. The number of hydrogen-bond donors (Lipinski definition) is 1. The van der Waals surface area contributed by atoms with Crippen LogP contribution in [0.15, 0.2) is 28.7 Å². The second-order valence-electron chi connectivity index (χ2n) is 4.96. The highest BCUT2D eigenvalue weighted by Crippen LogP contribution is 2.30. The van der Waals surface area contributed by atoms with E-state index in [1.807, 2.05) is 31.2 Å². The minimum Gasteiger partial charge on any atom is -0.480 e. The molecule has 1 aliphatic heterocycles. The summed E-state index contributed by atoms with van der Waals surface area (Å²) in [6.45, 7) is 2.30. The first kappa shape index (κ1) is 16.2. The summed E-state index contributed by atoms with van der Waals surface area (Å²) in [5, 5.41) is 9.10. The van der Waals surface area contributed by atoms with E-state index in [9.17, 15) is 14.7 Å². The third kappa shape index (κ3) is 3.71. The predicted molar refractivity (Wildman–Crippen MR) is 86.2 cm³/mol. The van der Waals surface area contributed by atoms with Gasteiger partial charge in [0, 0.05) is 23.8 Å². The molecule has 2 rings (SSSR count). The number of carboxylic acids is 1. The summed E-state index contributed by atoms with van der Waals surface area (Å²) >= 11 is 4.88. The number of nitrogens with zero attached hydrogens (tertiary/aromatic N) is 2. The molecule has 1 fully saturated rings. The largest absolute Gasteiger partial charge is 0.480 e. The van der Waals surface area contributed by atoms with Gasteiger partial charge < -0.3 is 10.0 Å². The topological polar surface area (TPSA) is 60.9 Å². The zero-order chi connectivity index (χ0) is 15.6. The van der Waals surface area contributed by atoms with Crippen LogP contribution in [0, 0.1) is 0 Å². The number of urea groups is 1. The van der Waals surface area contributed by atoms with Crippen LogP contribution in [0.2, 0.25) is 0 Å². The minimum atomic E-state index is -0.948. The number of thioether (sulfide) groups is 1. The van der Waals surface area contributed by atoms with Gasteiger partial charge in [-0.15, -0.1) is 11.8 Å². The zero-order valence-electron chi connectivity index (χ0n) is 11.8. The molecular weight excluding hydrogens is 356 g/mol. The summed E-state index contributed by atoms with van der Waals surface area (Å²) in [6.07, 6.45) is 0. The van der Waals surface area contributed by atoms with Crippen molar-refractivity contribution in [1.82, 2.24) is 9.80 Å². The Morgan fingerprint density at radius 1 is 1.52 bits per heavy atom. The SMILES string of the molecule is CC1SCC(C(=O)O)N1C(=O)N(C)Cc1cccc(Br)c1. The number of carbonyl (C=O) groups excluding carboxylic acids is 1. The van der Waals surface area contributed by atoms with Gasteiger partial charge in [-0.3, -0.25) is 4.90 Å². The summed E-state index contributed by atoms with van der Waals surface area (Å²) < 4.78 is 0.953. The van der Waals surface area contributed by atoms with Gasteiger partial charge in [-0.05, 0) is 24.6 Å². The fourth-order valence-corrected chi connectivity index (χ4v) is 3.91. The van der Waals surface area contributed by atoms with Crippen molar-refractivity contribution < 1.29 is 14.7 Å². The zero-order valence-corrected chi connectivity index (χ0v) is 14.2. The van der Waals surface area contributed by atoms with Crippen molar-refractivity contribution in [3.63, 3.8) is 0 Å². The molecule has 1 aromatic rings. The monoisotopic (exact) mass is 372 g/mol. The molecule has 1 saturated heterocycles. The molecule has 2 atom stereocenters. The molecule has 2 amide bonds. The third-order valence-electron chi connectivity index (χ3n) is 3.36. The van der Waals surface area contributed by atoms with Crippen molar-refractivity contribution in [2.75, 3.05) is 12.8 Å². The van der Waals surface area contributed by atoms with E-state index in [1.165, 1.54) is 16.7 Å². The van der Waals surface area contributed by atoms with E-state index in [0.717, 1.165) is 10.0 Å². The lowest BCUT2D eigenvalue weighted by Gasteiger charge is -2.30. The van der Waals surface area contributed by atoms with Gasteiger partial charge in [-0.2, -0.15) is 0 Å². The Bertz CT molecular complexity index is 555. The van der Waals surface area contributed by atoms with E-state index >= 15 is 0 Å². The molecule has 7 heteroatoms. The van der Waals surface area contributed by atoms with Crippen LogP contribution in [0.25, 0.3) is 0 Å². The fourth-order valence-electron chi connectivity index (χ4n) is 2.30. The van der Waals surface area contributed by atoms with Crippen LogP contribution < -0.4 is 0 Å². The van der Waals surface area contributed by atoms with Gasteiger partial charge in [-0.1, -0.05) is 28.1 Å². The number of halogens is 1. The molecule has 1 N–H and O–H groups in total. The average molecular weight is 373 g/mol. The van der Waals surface area contributed by atoms with Gasteiger partial charge in [0.25, 0.3) is 0 Å². The van der Waals surface area contributed by atoms with Crippen molar-refractivity contribution in [3.8, 4) is 0 Å². The smallest absolute Gasteiger partial charge is 0.327 e. The van der Waals surface area contributed by atoms with Crippen molar-refractivity contribution >= 4 is 39.7 Å². The molecule has 5 nitrogen and oxygen atoms in total. The summed E-state index contributed by atoms with van der Waals surface area (Å²) in [7, 11) is 1.69. The van der Waals surface area contributed by atoms with Crippen LogP contribution in [-0.2, 0) is 11.3 Å². The molecule has 0 aliphatic carbocycles. The maximum Gasteiger partial charge on any atom is 0.327 e. The molecule has 0 spiro atoms. The van der Waals surface area contributed by atoms with Crippen LogP contribution >= 0.6 is 27.7 Å². The molecule has 1 aliphatic rings. The summed E-state index contributed by atoms with van der Waals surface area (Å²) in [5.41, 5.74) is 0.992. The molecule has 1 heterocycles. The van der Waals surface area contributed by atoms with E-state index in [4.69, 9.17) is 0 Å². The predicted octanol–water partition coefficient (Wildman–Crippen LogP) is 2.85. The van der Waals surface area contributed by atoms with Crippen molar-refractivity contribution in [2.45, 2.75) is 24.9 Å². The highest BCUT2D eigenvalue weighted by Gasteiger charge is 2.40. The Morgan fingerprint density at radius 2 is 2.24 bits per heavy atom. The average Bonchev–Trinajstić information content (AvgIpc) is 2.80. The Morgan fingerprint density at radius 3 is 2.86 bits per heavy atom. The Balaban J connectivity index is 2.09. The minimum absolute atomic E-state index is 0.122. The van der Waals surface area contributed by atoms with Crippen LogP contribution in [0.1, 0.15) is 12.5 Å². The maximum atomic E-state index is 12.5. The lowest BCUT2D eigenvalue weighted by atomic mass is 10.2. The third-order valence-corrected chi connectivity index (χ3v) is 5.08. The molecule has 2 unspecified atom stereocenters. The molecular formula is C14H17BrN2O3S.